The number of anilines is 1. The van der Waals surface area contributed by atoms with Gasteiger partial charge in [-0.15, -0.1) is 0 Å². The van der Waals surface area contributed by atoms with Crippen molar-refractivity contribution in [3.8, 4) is 5.75 Å². The first-order valence-electron chi connectivity index (χ1n) is 5.72. The van der Waals surface area contributed by atoms with E-state index in [9.17, 15) is 8.78 Å². The van der Waals surface area contributed by atoms with Crippen molar-refractivity contribution in [2.45, 2.75) is 6.54 Å². The van der Waals surface area contributed by atoms with Crippen LogP contribution in [-0.2, 0) is 6.54 Å². The van der Waals surface area contributed by atoms with Crippen molar-refractivity contribution in [2.24, 2.45) is 0 Å². The average Bonchev–Trinajstić information content (AvgIpc) is 2.39. The molecule has 2 aromatic rings. The number of ether oxygens (including phenoxy) is 1. The molecule has 0 aliphatic rings. The number of nitrogens with one attached hydrogen (secondary N) is 1. The minimum atomic E-state index is -0.484. The maximum atomic E-state index is 13.5. The minimum absolute atomic E-state index is 0.118. The molecule has 0 aromatic heterocycles. The van der Waals surface area contributed by atoms with Gasteiger partial charge < -0.3 is 10.1 Å². The Morgan fingerprint density at radius 1 is 1.25 bits per heavy atom. The molecule has 0 aliphatic carbocycles. The zero-order valence-corrected chi connectivity index (χ0v) is 12.9. The third-order valence-electron chi connectivity index (χ3n) is 2.69. The maximum absolute atomic E-state index is 13.5. The molecule has 0 bridgehead atoms. The van der Waals surface area contributed by atoms with E-state index < -0.39 is 11.6 Å². The smallest absolute Gasteiger partial charge is 0.156 e. The van der Waals surface area contributed by atoms with Crippen molar-refractivity contribution in [3.63, 3.8) is 0 Å². The molecule has 0 saturated heterocycles. The highest BCUT2D eigenvalue weighted by Crippen LogP contribution is 2.36. The number of methoxy groups -OCH3 is 1. The SMILES string of the molecule is COc1c(Br)cc(Cl)cc1NCc1cc(F)ccc1F. The number of hydrogen-bond donors (Lipinski definition) is 1. The van der Waals surface area contributed by atoms with Crippen LogP contribution in [0.4, 0.5) is 14.5 Å². The van der Waals surface area contributed by atoms with Gasteiger partial charge in [0.05, 0.1) is 17.3 Å². The summed E-state index contributed by atoms with van der Waals surface area (Å²) in [4.78, 5) is 0. The maximum Gasteiger partial charge on any atom is 0.156 e. The molecule has 2 nitrogen and oxygen atoms in total. The molecule has 0 amide bonds. The van der Waals surface area contributed by atoms with E-state index in [0.717, 1.165) is 18.2 Å². The van der Waals surface area contributed by atoms with Crippen LogP contribution in [0.2, 0.25) is 5.02 Å². The average molecular weight is 363 g/mol. The molecule has 0 unspecified atom stereocenters. The van der Waals surface area contributed by atoms with E-state index in [-0.39, 0.29) is 12.1 Å². The first-order valence-corrected chi connectivity index (χ1v) is 6.89. The standard InChI is InChI=1S/C14H11BrClF2NO/c1-20-14-11(15)5-9(16)6-13(14)19-7-8-4-10(17)2-3-12(8)18/h2-6,19H,7H2,1H3. The lowest BCUT2D eigenvalue weighted by Crippen LogP contribution is -2.04. The lowest BCUT2D eigenvalue weighted by atomic mass is 10.2. The van der Waals surface area contributed by atoms with Crippen molar-refractivity contribution in [3.05, 3.63) is 57.0 Å². The normalized spacial score (nSPS) is 10.4. The highest BCUT2D eigenvalue weighted by atomic mass is 79.9. The Morgan fingerprint density at radius 2 is 2.00 bits per heavy atom. The van der Waals surface area contributed by atoms with Crippen LogP contribution in [0.1, 0.15) is 5.56 Å². The predicted octanol–water partition coefficient (Wildman–Crippen LogP) is 5.00. The number of hydrogen-bond acceptors (Lipinski definition) is 2. The van der Waals surface area contributed by atoms with Gasteiger partial charge in [-0.05, 0) is 46.3 Å². The van der Waals surface area contributed by atoms with E-state index in [1.54, 1.807) is 12.1 Å². The van der Waals surface area contributed by atoms with Gasteiger partial charge in [0, 0.05) is 17.1 Å². The van der Waals surface area contributed by atoms with Crippen LogP contribution < -0.4 is 10.1 Å². The summed E-state index contributed by atoms with van der Waals surface area (Å²) >= 11 is 9.28. The summed E-state index contributed by atoms with van der Waals surface area (Å²) in [5.41, 5.74) is 0.818. The van der Waals surface area contributed by atoms with Gasteiger partial charge in [0.15, 0.2) is 5.75 Å². The highest BCUT2D eigenvalue weighted by Gasteiger charge is 2.10. The Morgan fingerprint density at radius 3 is 2.70 bits per heavy atom. The molecule has 0 aliphatic heterocycles. The molecule has 0 atom stereocenters. The Hall–Kier alpha value is -1.33. The molecule has 106 valence electrons. The van der Waals surface area contributed by atoms with Gasteiger partial charge in [-0.1, -0.05) is 11.6 Å². The summed E-state index contributed by atoms with van der Waals surface area (Å²) in [5.74, 6) is -0.410. The molecule has 2 aromatic carbocycles. The van der Waals surface area contributed by atoms with Crippen LogP contribution in [-0.4, -0.2) is 7.11 Å². The third-order valence-corrected chi connectivity index (χ3v) is 3.50. The van der Waals surface area contributed by atoms with Gasteiger partial charge in [0.25, 0.3) is 0 Å². The van der Waals surface area contributed by atoms with Crippen LogP contribution in [0.25, 0.3) is 0 Å². The van der Waals surface area contributed by atoms with Gasteiger partial charge in [-0.2, -0.15) is 0 Å². The summed E-state index contributed by atoms with van der Waals surface area (Å²) in [6, 6.07) is 6.66. The molecule has 0 heterocycles. The Labute approximate surface area is 128 Å². The zero-order chi connectivity index (χ0) is 14.7. The number of benzene rings is 2. The second-order valence-electron chi connectivity index (χ2n) is 4.06. The van der Waals surface area contributed by atoms with Crippen LogP contribution in [0.15, 0.2) is 34.8 Å². The molecular weight excluding hydrogens is 352 g/mol. The van der Waals surface area contributed by atoms with Gasteiger partial charge in [-0.3, -0.25) is 0 Å². The molecular formula is C14H11BrClF2NO. The quantitative estimate of drug-likeness (QED) is 0.826. The van der Waals surface area contributed by atoms with Crippen molar-refractivity contribution in [1.29, 1.82) is 0 Å². The van der Waals surface area contributed by atoms with E-state index in [4.69, 9.17) is 16.3 Å². The number of rotatable bonds is 4. The number of halogens is 4. The minimum Gasteiger partial charge on any atom is -0.493 e. The van der Waals surface area contributed by atoms with E-state index in [2.05, 4.69) is 21.2 Å². The Kier molecular flexibility index (Phi) is 4.83. The lowest BCUT2D eigenvalue weighted by molar-refractivity contribution is 0.414. The van der Waals surface area contributed by atoms with Crippen LogP contribution in [0.3, 0.4) is 0 Å². The van der Waals surface area contributed by atoms with Gasteiger partial charge >= 0.3 is 0 Å². The van der Waals surface area contributed by atoms with Gasteiger partial charge in [0.2, 0.25) is 0 Å². The second-order valence-corrected chi connectivity index (χ2v) is 5.35. The van der Waals surface area contributed by atoms with Gasteiger partial charge in [0.1, 0.15) is 11.6 Å². The molecule has 1 N–H and O–H groups in total. The topological polar surface area (TPSA) is 21.3 Å². The summed E-state index contributed by atoms with van der Waals surface area (Å²) in [6.07, 6.45) is 0. The molecule has 0 radical (unpaired) electrons. The van der Waals surface area contributed by atoms with E-state index in [0.29, 0.717) is 20.9 Å². The summed E-state index contributed by atoms with van der Waals surface area (Å²) < 4.78 is 32.6. The van der Waals surface area contributed by atoms with Crippen LogP contribution in [0, 0.1) is 11.6 Å². The van der Waals surface area contributed by atoms with E-state index >= 15 is 0 Å². The molecule has 20 heavy (non-hydrogen) atoms. The van der Waals surface area contributed by atoms with Crippen molar-refractivity contribution < 1.29 is 13.5 Å². The third kappa shape index (κ3) is 3.41. The first-order chi connectivity index (χ1) is 9.51. The predicted molar refractivity (Wildman–Crippen MR) is 79.4 cm³/mol. The largest absolute Gasteiger partial charge is 0.493 e. The lowest BCUT2D eigenvalue weighted by Gasteiger charge is -2.13. The summed E-state index contributed by atoms with van der Waals surface area (Å²) in [7, 11) is 1.52. The van der Waals surface area contributed by atoms with E-state index in [1.807, 2.05) is 0 Å². The molecule has 6 heteroatoms. The fourth-order valence-electron chi connectivity index (χ4n) is 1.77. The fraction of sp³-hybridized carbons (Fsp3) is 0.143. The van der Waals surface area contributed by atoms with Gasteiger partial charge in [-0.25, -0.2) is 8.78 Å². The van der Waals surface area contributed by atoms with Crippen LogP contribution >= 0.6 is 27.5 Å². The molecule has 0 fully saturated rings. The first kappa shape index (κ1) is 15.1. The summed E-state index contributed by atoms with van der Waals surface area (Å²) in [5, 5.41) is 3.48. The van der Waals surface area contributed by atoms with Crippen molar-refractivity contribution in [1.82, 2.24) is 0 Å². The Bertz CT molecular complexity index is 637. The van der Waals surface area contributed by atoms with Crippen molar-refractivity contribution >= 4 is 33.2 Å². The molecule has 2 rings (SSSR count). The second kappa shape index (κ2) is 6.41. The summed E-state index contributed by atoms with van der Waals surface area (Å²) in [6.45, 7) is 0.118. The monoisotopic (exact) mass is 361 g/mol. The molecule has 0 spiro atoms. The fourth-order valence-corrected chi connectivity index (χ4v) is 2.74. The Balaban J connectivity index is 2.24. The zero-order valence-electron chi connectivity index (χ0n) is 10.5. The molecule has 0 saturated carbocycles. The van der Waals surface area contributed by atoms with Crippen molar-refractivity contribution in [2.75, 3.05) is 12.4 Å². The highest BCUT2D eigenvalue weighted by molar-refractivity contribution is 9.10. The van der Waals surface area contributed by atoms with E-state index in [1.165, 1.54) is 7.11 Å². The van der Waals surface area contributed by atoms with Crippen LogP contribution in [0.5, 0.6) is 5.75 Å².